The van der Waals surface area contributed by atoms with Crippen LogP contribution < -0.4 is 9.64 Å². The van der Waals surface area contributed by atoms with Crippen molar-refractivity contribution >= 4 is 17.6 Å². The molecule has 0 N–H and O–H groups in total. The van der Waals surface area contributed by atoms with Crippen molar-refractivity contribution in [3.63, 3.8) is 0 Å². The van der Waals surface area contributed by atoms with E-state index in [0.29, 0.717) is 16.8 Å². The van der Waals surface area contributed by atoms with Gasteiger partial charge in [-0.2, -0.15) is 0 Å². The summed E-state index contributed by atoms with van der Waals surface area (Å²) < 4.78 is 45.8. The van der Waals surface area contributed by atoms with Gasteiger partial charge in [0.15, 0.2) is 0 Å². The Morgan fingerprint density at radius 2 is 1.59 bits per heavy atom. The van der Waals surface area contributed by atoms with Gasteiger partial charge in [-0.1, -0.05) is 48.5 Å². The van der Waals surface area contributed by atoms with Crippen molar-refractivity contribution < 1.29 is 32.2 Å². The average molecular weight is 443 g/mol. The molecule has 0 aliphatic rings. The van der Waals surface area contributed by atoms with Crippen LogP contribution >= 0.6 is 0 Å². The molecule has 0 saturated heterocycles. The van der Waals surface area contributed by atoms with E-state index in [4.69, 9.17) is 0 Å². The van der Waals surface area contributed by atoms with Crippen LogP contribution in [0.2, 0.25) is 0 Å². The Hall–Kier alpha value is -3.81. The number of esters is 1. The molecule has 0 bridgehead atoms. The van der Waals surface area contributed by atoms with E-state index in [1.807, 2.05) is 37.3 Å². The average Bonchev–Trinajstić information content (AvgIpc) is 2.77. The summed E-state index contributed by atoms with van der Waals surface area (Å²) in [7, 11) is 1.13. The summed E-state index contributed by atoms with van der Waals surface area (Å²) in [6, 6.07) is 19.7. The number of carbonyl (C=O) groups is 2. The number of methoxy groups -OCH3 is 1. The Morgan fingerprint density at radius 1 is 0.938 bits per heavy atom. The minimum absolute atomic E-state index is 0.135. The Labute approximate surface area is 183 Å². The van der Waals surface area contributed by atoms with E-state index in [-0.39, 0.29) is 12.3 Å². The first-order valence-corrected chi connectivity index (χ1v) is 9.58. The summed E-state index contributed by atoms with van der Waals surface area (Å²) in [5, 5.41) is 0. The lowest BCUT2D eigenvalue weighted by Crippen LogP contribution is -2.37. The molecule has 0 aliphatic carbocycles. The Kier molecular flexibility index (Phi) is 6.82. The minimum atomic E-state index is -4.77. The predicted molar refractivity (Wildman–Crippen MR) is 113 cm³/mol. The van der Waals surface area contributed by atoms with E-state index >= 15 is 0 Å². The molecule has 0 radical (unpaired) electrons. The molecule has 0 unspecified atom stereocenters. The molecular formula is C24H20F3NO4. The lowest BCUT2D eigenvalue weighted by Gasteiger charge is -2.23. The highest BCUT2D eigenvalue weighted by Crippen LogP contribution is 2.31. The number of hydrogen-bond acceptors (Lipinski definition) is 4. The monoisotopic (exact) mass is 443 g/mol. The van der Waals surface area contributed by atoms with Gasteiger partial charge in [-0.15, -0.1) is 13.2 Å². The summed E-state index contributed by atoms with van der Waals surface area (Å²) in [6.45, 7) is 1.97. The maximum atomic E-state index is 12.7. The maximum absolute atomic E-state index is 12.7. The van der Waals surface area contributed by atoms with Crippen molar-refractivity contribution in [2.45, 2.75) is 19.8 Å². The molecule has 3 aromatic carbocycles. The molecule has 166 valence electrons. The second-order valence-electron chi connectivity index (χ2n) is 6.94. The first-order chi connectivity index (χ1) is 15.2. The molecule has 0 heterocycles. The van der Waals surface area contributed by atoms with Crippen LogP contribution in [0.4, 0.5) is 18.9 Å². The quantitative estimate of drug-likeness (QED) is 0.398. The summed E-state index contributed by atoms with van der Waals surface area (Å²) in [5.74, 6) is -2.17. The molecule has 3 aromatic rings. The van der Waals surface area contributed by atoms with Crippen LogP contribution in [-0.2, 0) is 20.9 Å². The second kappa shape index (κ2) is 9.55. The summed E-state index contributed by atoms with van der Waals surface area (Å²) in [5.41, 5.74) is 3.41. The number of alkyl halides is 3. The predicted octanol–water partition coefficient (Wildman–Crippen LogP) is 5.27. The number of halogens is 3. The van der Waals surface area contributed by atoms with E-state index in [1.165, 1.54) is 29.2 Å². The fourth-order valence-corrected chi connectivity index (χ4v) is 3.17. The van der Waals surface area contributed by atoms with Crippen LogP contribution in [0.15, 0.2) is 72.8 Å². The largest absolute Gasteiger partial charge is 0.573 e. The molecule has 0 aromatic heterocycles. The van der Waals surface area contributed by atoms with Gasteiger partial charge in [0, 0.05) is 5.69 Å². The number of anilines is 1. The zero-order valence-corrected chi connectivity index (χ0v) is 17.3. The van der Waals surface area contributed by atoms with Gasteiger partial charge in [0.2, 0.25) is 0 Å². The van der Waals surface area contributed by atoms with Crippen LogP contribution in [0.1, 0.15) is 11.1 Å². The zero-order valence-electron chi connectivity index (χ0n) is 17.3. The van der Waals surface area contributed by atoms with E-state index in [2.05, 4.69) is 9.47 Å². The van der Waals surface area contributed by atoms with Gasteiger partial charge in [0.1, 0.15) is 5.75 Å². The van der Waals surface area contributed by atoms with Gasteiger partial charge in [0.25, 0.3) is 0 Å². The molecule has 0 aliphatic heterocycles. The highest BCUT2D eigenvalue weighted by molar-refractivity contribution is 6.38. The molecule has 3 rings (SSSR count). The molecular weight excluding hydrogens is 423 g/mol. The van der Waals surface area contributed by atoms with Crippen molar-refractivity contribution in [3.05, 3.63) is 83.9 Å². The van der Waals surface area contributed by atoms with Crippen LogP contribution in [-0.4, -0.2) is 25.3 Å². The number of carbonyl (C=O) groups excluding carboxylic acids is 2. The molecule has 1 amide bonds. The fraction of sp³-hybridized carbons (Fsp3) is 0.167. The lowest BCUT2D eigenvalue weighted by molar-refractivity contribution is -0.274. The summed E-state index contributed by atoms with van der Waals surface area (Å²) >= 11 is 0. The topological polar surface area (TPSA) is 55.8 Å². The smallest absolute Gasteiger partial charge is 0.462 e. The number of nitrogens with zero attached hydrogens (tertiary/aromatic N) is 1. The Balaban J connectivity index is 1.97. The SMILES string of the molecule is COC(=O)C(=O)N(Cc1ccccc1)c1ccc(C)c(-c2ccc(OC(F)(F)F)cc2)c1. The normalized spacial score (nSPS) is 11.0. The van der Waals surface area contributed by atoms with E-state index in [0.717, 1.165) is 18.2 Å². The minimum Gasteiger partial charge on any atom is -0.462 e. The molecule has 0 saturated carbocycles. The first kappa shape index (κ1) is 22.9. The number of ether oxygens (including phenoxy) is 2. The van der Waals surface area contributed by atoms with E-state index in [1.54, 1.807) is 18.2 Å². The van der Waals surface area contributed by atoms with Crippen LogP contribution in [0.5, 0.6) is 5.75 Å². The van der Waals surface area contributed by atoms with Crippen LogP contribution in [0.3, 0.4) is 0 Å². The Morgan fingerprint density at radius 3 is 2.19 bits per heavy atom. The summed E-state index contributed by atoms with van der Waals surface area (Å²) in [6.07, 6.45) is -4.77. The number of benzene rings is 3. The highest BCUT2D eigenvalue weighted by Gasteiger charge is 2.31. The first-order valence-electron chi connectivity index (χ1n) is 9.58. The van der Waals surface area contributed by atoms with Gasteiger partial charge in [-0.05, 0) is 53.4 Å². The van der Waals surface area contributed by atoms with Gasteiger partial charge in [-0.25, -0.2) is 4.79 Å². The van der Waals surface area contributed by atoms with Gasteiger partial charge in [0.05, 0.1) is 13.7 Å². The van der Waals surface area contributed by atoms with Crippen LogP contribution in [0.25, 0.3) is 11.1 Å². The zero-order chi connectivity index (χ0) is 23.3. The molecule has 0 atom stereocenters. The van der Waals surface area contributed by atoms with Gasteiger partial charge < -0.3 is 9.47 Å². The third kappa shape index (κ3) is 5.66. The molecule has 0 spiro atoms. The van der Waals surface area contributed by atoms with E-state index in [9.17, 15) is 22.8 Å². The maximum Gasteiger partial charge on any atom is 0.573 e. The second-order valence-corrected chi connectivity index (χ2v) is 6.94. The Bertz CT molecular complexity index is 1100. The highest BCUT2D eigenvalue weighted by atomic mass is 19.4. The van der Waals surface area contributed by atoms with Crippen molar-refractivity contribution in [2.75, 3.05) is 12.0 Å². The van der Waals surface area contributed by atoms with Crippen LogP contribution in [0, 0.1) is 6.92 Å². The number of hydrogen-bond donors (Lipinski definition) is 0. The van der Waals surface area contributed by atoms with Crippen molar-refractivity contribution in [2.24, 2.45) is 0 Å². The molecule has 32 heavy (non-hydrogen) atoms. The van der Waals surface area contributed by atoms with Crippen molar-refractivity contribution in [3.8, 4) is 16.9 Å². The van der Waals surface area contributed by atoms with Crippen molar-refractivity contribution in [1.29, 1.82) is 0 Å². The number of amides is 1. The number of aryl methyl sites for hydroxylation is 1. The van der Waals surface area contributed by atoms with Crippen molar-refractivity contribution in [1.82, 2.24) is 0 Å². The third-order valence-electron chi connectivity index (χ3n) is 4.72. The lowest BCUT2D eigenvalue weighted by atomic mass is 9.99. The number of rotatable bonds is 5. The summed E-state index contributed by atoms with van der Waals surface area (Å²) in [4.78, 5) is 26.0. The van der Waals surface area contributed by atoms with E-state index < -0.39 is 18.2 Å². The fourth-order valence-electron chi connectivity index (χ4n) is 3.17. The molecule has 0 fully saturated rings. The van der Waals surface area contributed by atoms with Gasteiger partial charge >= 0.3 is 18.2 Å². The van der Waals surface area contributed by atoms with Gasteiger partial charge in [-0.3, -0.25) is 9.69 Å². The molecule has 8 heteroatoms. The molecule has 5 nitrogen and oxygen atoms in total. The standard InChI is InChI=1S/C24H20F3NO4/c1-16-8-11-19(14-21(16)18-9-12-20(13-10-18)32-24(25,26)27)28(22(29)23(30)31-2)15-17-6-4-3-5-7-17/h3-14H,15H2,1-2H3. The third-order valence-corrected chi connectivity index (χ3v) is 4.72.